The third-order valence-corrected chi connectivity index (χ3v) is 6.34. The van der Waals surface area contributed by atoms with E-state index in [1.165, 1.54) is 9.13 Å². The van der Waals surface area contributed by atoms with E-state index in [0.717, 1.165) is 11.1 Å². The Kier molecular flexibility index (Phi) is 5.16. The summed E-state index contributed by atoms with van der Waals surface area (Å²) in [6, 6.07) is 8.12. The zero-order valence-corrected chi connectivity index (χ0v) is 18.8. The fourth-order valence-electron chi connectivity index (χ4n) is 4.70. The number of imidazole rings is 1. The van der Waals surface area contributed by atoms with E-state index in [0.29, 0.717) is 41.0 Å². The Hall–Kier alpha value is -3.33. The van der Waals surface area contributed by atoms with Gasteiger partial charge in [0.15, 0.2) is 0 Å². The maximum Gasteiger partial charge on any atom is 0.329 e. The Morgan fingerprint density at radius 2 is 1.91 bits per heavy atom. The van der Waals surface area contributed by atoms with Gasteiger partial charge in [0.1, 0.15) is 6.04 Å². The Bertz CT molecular complexity index is 1390. The van der Waals surface area contributed by atoms with Gasteiger partial charge < -0.3 is 9.64 Å². The minimum atomic E-state index is -3.03. The quantitative estimate of drug-likeness (QED) is 0.470. The average Bonchev–Trinajstić information content (AvgIpc) is 3.04. The Labute approximate surface area is 189 Å². The third kappa shape index (κ3) is 3.56. The van der Waals surface area contributed by atoms with Crippen LogP contribution >= 0.6 is 0 Å². The normalized spacial score (nSPS) is 18.8. The highest BCUT2D eigenvalue weighted by Gasteiger charge is 2.46. The van der Waals surface area contributed by atoms with Crippen molar-refractivity contribution in [2.45, 2.75) is 25.3 Å². The molecule has 4 heterocycles. The minimum absolute atomic E-state index is 0.189. The van der Waals surface area contributed by atoms with Crippen molar-refractivity contribution >= 4 is 21.9 Å². The number of hydrogen-bond donors (Lipinski definition) is 0. The molecule has 0 bridgehead atoms. The van der Waals surface area contributed by atoms with E-state index < -0.39 is 17.7 Å². The molecular weight excluding hydrogens is 428 g/mol. The van der Waals surface area contributed by atoms with E-state index in [9.17, 15) is 4.79 Å². The molecule has 1 atom stereocenters. The number of rotatable bonds is 4. The fraction of sp³-hybridized carbons (Fsp3) is 0.375. The maximum absolute atomic E-state index is 15.1. The summed E-state index contributed by atoms with van der Waals surface area (Å²) in [6.07, 6.45) is 3.48. The molecule has 1 aliphatic rings. The fourth-order valence-corrected chi connectivity index (χ4v) is 4.70. The molecule has 1 saturated heterocycles. The SMILES string of the molecule is CCOc1ccc(-c2ccc3ncc4c(c3c2)n(C2CCN(C)CC2(F)F)c(=O)n4C)cn1. The molecule has 1 fully saturated rings. The minimum Gasteiger partial charge on any atom is -0.478 e. The molecule has 33 heavy (non-hydrogen) atoms. The zero-order chi connectivity index (χ0) is 23.3. The lowest BCUT2D eigenvalue weighted by Crippen LogP contribution is -2.49. The third-order valence-electron chi connectivity index (χ3n) is 6.34. The standard InChI is InChI=1S/C24H25F2N5O2/c1-4-33-21-8-6-16(12-28-21)15-5-7-18-17(11-15)22-19(13-27-18)30(3)23(32)31(22)20-9-10-29(2)14-24(20,25)26/h5-8,11-13,20H,4,9-10,14H2,1-3H3. The highest BCUT2D eigenvalue weighted by Crippen LogP contribution is 2.39. The molecule has 172 valence electrons. The van der Waals surface area contributed by atoms with Crippen LogP contribution in [0.1, 0.15) is 19.4 Å². The van der Waals surface area contributed by atoms with E-state index in [2.05, 4.69) is 9.97 Å². The number of halogens is 2. The van der Waals surface area contributed by atoms with Gasteiger partial charge in [0.05, 0.1) is 35.9 Å². The topological polar surface area (TPSA) is 65.2 Å². The monoisotopic (exact) mass is 453 g/mol. The highest BCUT2D eigenvalue weighted by molar-refractivity contribution is 6.04. The number of nitrogens with zero attached hydrogens (tertiary/aromatic N) is 5. The first-order chi connectivity index (χ1) is 15.8. The molecule has 4 aromatic rings. The van der Waals surface area contributed by atoms with Gasteiger partial charge >= 0.3 is 5.69 Å². The van der Waals surface area contributed by atoms with Crippen molar-refractivity contribution in [3.63, 3.8) is 0 Å². The molecule has 0 saturated carbocycles. The van der Waals surface area contributed by atoms with E-state index in [-0.39, 0.29) is 13.0 Å². The second kappa shape index (κ2) is 7.91. The van der Waals surface area contributed by atoms with Crippen LogP contribution in [-0.4, -0.2) is 56.7 Å². The van der Waals surface area contributed by atoms with E-state index in [1.807, 2.05) is 31.2 Å². The summed E-state index contributed by atoms with van der Waals surface area (Å²) in [5, 5.41) is 0.659. The molecular formula is C24H25F2N5O2. The highest BCUT2D eigenvalue weighted by atomic mass is 19.3. The number of ether oxygens (including phenoxy) is 1. The van der Waals surface area contributed by atoms with Crippen molar-refractivity contribution in [3.8, 4) is 17.0 Å². The molecule has 0 N–H and O–H groups in total. The van der Waals surface area contributed by atoms with Crippen LogP contribution in [0.5, 0.6) is 5.88 Å². The first-order valence-corrected chi connectivity index (χ1v) is 11.0. The molecule has 1 aliphatic heterocycles. The van der Waals surface area contributed by atoms with Crippen LogP contribution in [-0.2, 0) is 7.05 Å². The zero-order valence-electron chi connectivity index (χ0n) is 18.8. The predicted molar refractivity (Wildman–Crippen MR) is 123 cm³/mol. The van der Waals surface area contributed by atoms with Crippen LogP contribution in [0.25, 0.3) is 33.1 Å². The van der Waals surface area contributed by atoms with Gasteiger partial charge in [-0.2, -0.15) is 0 Å². The van der Waals surface area contributed by atoms with E-state index in [4.69, 9.17) is 4.74 Å². The molecule has 0 aliphatic carbocycles. The van der Waals surface area contributed by atoms with Crippen LogP contribution in [0.4, 0.5) is 8.78 Å². The number of aryl methyl sites for hydroxylation is 1. The summed E-state index contributed by atoms with van der Waals surface area (Å²) in [7, 11) is 3.27. The lowest BCUT2D eigenvalue weighted by molar-refractivity contribution is -0.0977. The van der Waals surface area contributed by atoms with Crippen molar-refractivity contribution in [2.24, 2.45) is 7.05 Å². The van der Waals surface area contributed by atoms with E-state index in [1.54, 1.807) is 37.5 Å². The lowest BCUT2D eigenvalue weighted by Gasteiger charge is -2.37. The van der Waals surface area contributed by atoms with Crippen molar-refractivity contribution in [1.82, 2.24) is 24.0 Å². The van der Waals surface area contributed by atoms with Crippen molar-refractivity contribution in [1.29, 1.82) is 0 Å². The number of piperidine rings is 1. The van der Waals surface area contributed by atoms with Gasteiger partial charge in [-0.3, -0.25) is 14.1 Å². The Balaban J connectivity index is 1.72. The van der Waals surface area contributed by atoms with Gasteiger partial charge in [-0.05, 0) is 44.2 Å². The molecule has 0 spiro atoms. The summed E-state index contributed by atoms with van der Waals surface area (Å²) in [6.45, 7) is 2.53. The van der Waals surface area contributed by atoms with Crippen LogP contribution < -0.4 is 10.4 Å². The lowest BCUT2D eigenvalue weighted by atomic mass is 10.00. The largest absolute Gasteiger partial charge is 0.478 e. The number of benzene rings is 1. The van der Waals surface area contributed by atoms with Crippen LogP contribution in [0.2, 0.25) is 0 Å². The Morgan fingerprint density at radius 3 is 2.61 bits per heavy atom. The number of likely N-dealkylation sites (tertiary alicyclic amines) is 1. The number of aromatic nitrogens is 4. The second-order valence-electron chi connectivity index (χ2n) is 8.56. The van der Waals surface area contributed by atoms with Crippen LogP contribution in [0, 0.1) is 0 Å². The van der Waals surface area contributed by atoms with Gasteiger partial charge in [0.25, 0.3) is 5.92 Å². The first kappa shape index (κ1) is 21.5. The molecule has 9 heteroatoms. The summed E-state index contributed by atoms with van der Waals surface area (Å²) in [5.41, 5.74) is 2.91. The van der Waals surface area contributed by atoms with Crippen molar-refractivity contribution in [2.75, 3.05) is 26.7 Å². The van der Waals surface area contributed by atoms with Crippen LogP contribution in [0.15, 0.2) is 47.5 Å². The average molecular weight is 453 g/mol. The van der Waals surface area contributed by atoms with Gasteiger partial charge in [0.2, 0.25) is 5.88 Å². The van der Waals surface area contributed by atoms with Gasteiger partial charge in [0, 0.05) is 36.8 Å². The van der Waals surface area contributed by atoms with Gasteiger partial charge in [-0.25, -0.2) is 18.6 Å². The summed E-state index contributed by atoms with van der Waals surface area (Å²) >= 11 is 0. The number of hydrogen-bond acceptors (Lipinski definition) is 5. The Morgan fingerprint density at radius 1 is 1.12 bits per heavy atom. The molecule has 1 unspecified atom stereocenters. The van der Waals surface area contributed by atoms with Gasteiger partial charge in [-0.15, -0.1) is 0 Å². The molecule has 0 amide bonds. The number of alkyl halides is 2. The smallest absolute Gasteiger partial charge is 0.329 e. The molecule has 0 radical (unpaired) electrons. The van der Waals surface area contributed by atoms with E-state index >= 15 is 8.78 Å². The molecule has 5 rings (SSSR count). The maximum atomic E-state index is 15.1. The van der Waals surface area contributed by atoms with Gasteiger partial charge in [-0.1, -0.05) is 6.07 Å². The van der Waals surface area contributed by atoms with Crippen molar-refractivity contribution < 1.29 is 13.5 Å². The first-order valence-electron chi connectivity index (χ1n) is 11.0. The molecule has 7 nitrogen and oxygen atoms in total. The summed E-state index contributed by atoms with van der Waals surface area (Å²) in [5.74, 6) is -2.50. The summed E-state index contributed by atoms with van der Waals surface area (Å²) < 4.78 is 38.3. The van der Waals surface area contributed by atoms with Crippen molar-refractivity contribution in [3.05, 3.63) is 53.2 Å². The number of pyridine rings is 2. The molecule has 3 aromatic heterocycles. The predicted octanol–water partition coefficient (Wildman–Crippen LogP) is 3.86. The molecule has 1 aromatic carbocycles. The van der Waals surface area contributed by atoms with Crippen LogP contribution in [0.3, 0.4) is 0 Å². The number of fused-ring (bicyclic) bond motifs is 3. The second-order valence-corrected chi connectivity index (χ2v) is 8.56. The summed E-state index contributed by atoms with van der Waals surface area (Å²) in [4.78, 5) is 23.6.